The van der Waals surface area contributed by atoms with E-state index in [1.807, 2.05) is 60.7 Å². The van der Waals surface area contributed by atoms with Crippen LogP contribution < -0.4 is 0 Å². The minimum absolute atomic E-state index is 0.0437. The van der Waals surface area contributed by atoms with Crippen LogP contribution in [0.4, 0.5) is 0 Å². The second-order valence-electron chi connectivity index (χ2n) is 20.2. The summed E-state index contributed by atoms with van der Waals surface area (Å²) in [5.41, 5.74) is 12.1. The predicted molar refractivity (Wildman–Crippen MR) is 235 cm³/mol. The van der Waals surface area contributed by atoms with E-state index < -0.39 is 10.8 Å². The number of fused-ring (bicyclic) bond motifs is 6. The molecule has 0 spiro atoms. The van der Waals surface area contributed by atoms with E-state index >= 15 is 0 Å². The SMILES string of the molecule is CC(C)c1cc2c(cc1-c1cc3c(cc1C(C)C)CCC1C(C)(C(=O)OCc4ccccc4)CCCC31C)C1(C)CCCC(C)(C(=O)OCc3ccccc3)C1CC2. The van der Waals surface area contributed by atoms with Gasteiger partial charge >= 0.3 is 11.9 Å². The quantitative estimate of drug-likeness (QED) is 0.159. The molecule has 6 atom stereocenters. The molecule has 2 fully saturated rings. The van der Waals surface area contributed by atoms with E-state index in [9.17, 15) is 9.59 Å². The summed E-state index contributed by atoms with van der Waals surface area (Å²) in [5.74, 6) is 1.03. The van der Waals surface area contributed by atoms with E-state index in [1.165, 1.54) is 44.5 Å². The first kappa shape index (κ1) is 40.6. The van der Waals surface area contributed by atoms with Crippen molar-refractivity contribution in [3.05, 3.63) is 129 Å². The van der Waals surface area contributed by atoms with Crippen molar-refractivity contribution >= 4 is 11.9 Å². The molecule has 0 radical (unpaired) electrons. The van der Waals surface area contributed by atoms with Gasteiger partial charge in [0.25, 0.3) is 0 Å². The lowest BCUT2D eigenvalue weighted by Gasteiger charge is -2.54. The van der Waals surface area contributed by atoms with Gasteiger partial charge in [0.2, 0.25) is 0 Å². The number of hydrogen-bond acceptors (Lipinski definition) is 4. The number of esters is 2. The van der Waals surface area contributed by atoms with Gasteiger partial charge in [-0.25, -0.2) is 0 Å². The van der Waals surface area contributed by atoms with E-state index in [-0.39, 0.29) is 34.6 Å². The van der Waals surface area contributed by atoms with Crippen LogP contribution in [0.5, 0.6) is 0 Å². The topological polar surface area (TPSA) is 52.6 Å². The lowest BCUT2D eigenvalue weighted by Crippen LogP contribution is -2.53. The third kappa shape index (κ3) is 6.85. The molecular formula is C54H66O4. The highest BCUT2D eigenvalue weighted by molar-refractivity contribution is 5.80. The van der Waals surface area contributed by atoms with E-state index in [1.54, 1.807) is 0 Å². The Morgan fingerprint density at radius 3 is 1.31 bits per heavy atom. The molecule has 0 aliphatic heterocycles. The monoisotopic (exact) mass is 778 g/mol. The molecule has 4 aliphatic rings. The molecule has 0 amide bonds. The highest BCUT2D eigenvalue weighted by Crippen LogP contribution is 2.61. The van der Waals surface area contributed by atoms with Crippen LogP contribution in [0.3, 0.4) is 0 Å². The third-order valence-electron chi connectivity index (χ3n) is 15.9. The van der Waals surface area contributed by atoms with Crippen LogP contribution in [-0.2, 0) is 55.9 Å². The van der Waals surface area contributed by atoms with Crippen molar-refractivity contribution in [1.29, 1.82) is 0 Å². The predicted octanol–water partition coefficient (Wildman–Crippen LogP) is 13.1. The zero-order chi connectivity index (χ0) is 41.0. The molecule has 58 heavy (non-hydrogen) atoms. The summed E-state index contributed by atoms with van der Waals surface area (Å²) in [6, 6.07) is 30.4. The highest BCUT2D eigenvalue weighted by Gasteiger charge is 2.57. The van der Waals surface area contributed by atoms with Crippen LogP contribution >= 0.6 is 0 Å². The largest absolute Gasteiger partial charge is 0.460 e. The normalized spacial score (nSPS) is 28.9. The van der Waals surface area contributed by atoms with Gasteiger partial charge in [-0.2, -0.15) is 0 Å². The van der Waals surface area contributed by atoms with Crippen molar-refractivity contribution in [3.8, 4) is 11.1 Å². The number of aryl methyl sites for hydroxylation is 2. The van der Waals surface area contributed by atoms with Crippen LogP contribution in [0.1, 0.15) is 163 Å². The number of carbonyl (C=O) groups is 2. The Morgan fingerprint density at radius 1 is 0.569 bits per heavy atom. The highest BCUT2D eigenvalue weighted by atomic mass is 16.5. The van der Waals surface area contributed by atoms with Gasteiger partial charge in [0.05, 0.1) is 10.8 Å². The summed E-state index contributed by atoms with van der Waals surface area (Å²) in [6.07, 6.45) is 9.87. The fourth-order valence-electron chi connectivity index (χ4n) is 12.8. The van der Waals surface area contributed by atoms with Gasteiger partial charge < -0.3 is 9.47 Å². The number of benzene rings is 4. The lowest BCUT2D eigenvalue weighted by atomic mass is 9.49. The molecule has 4 aromatic rings. The summed E-state index contributed by atoms with van der Waals surface area (Å²) >= 11 is 0. The van der Waals surface area contributed by atoms with Gasteiger partial charge in [0.15, 0.2) is 0 Å². The average Bonchev–Trinajstić information content (AvgIpc) is 3.21. The molecule has 4 aliphatic carbocycles. The molecule has 4 heteroatoms. The molecule has 0 saturated heterocycles. The van der Waals surface area contributed by atoms with Gasteiger partial charge in [-0.1, -0.05) is 139 Å². The van der Waals surface area contributed by atoms with Crippen LogP contribution in [0.2, 0.25) is 0 Å². The molecule has 4 aromatic carbocycles. The Morgan fingerprint density at radius 2 is 0.948 bits per heavy atom. The van der Waals surface area contributed by atoms with Crippen LogP contribution in [0.25, 0.3) is 11.1 Å². The smallest absolute Gasteiger partial charge is 0.312 e. The minimum Gasteiger partial charge on any atom is -0.460 e. The first-order valence-electron chi connectivity index (χ1n) is 22.5. The molecule has 0 aromatic heterocycles. The first-order valence-corrected chi connectivity index (χ1v) is 22.5. The molecule has 4 nitrogen and oxygen atoms in total. The Hall–Kier alpha value is -4.18. The van der Waals surface area contributed by atoms with Gasteiger partial charge in [0, 0.05) is 0 Å². The number of carbonyl (C=O) groups excluding carboxylic acids is 2. The fraction of sp³-hybridized carbons (Fsp3) is 0.519. The summed E-state index contributed by atoms with van der Waals surface area (Å²) in [6.45, 7) is 19.3. The molecule has 0 bridgehead atoms. The van der Waals surface area contributed by atoms with E-state index in [2.05, 4.69) is 79.7 Å². The van der Waals surface area contributed by atoms with E-state index in [0.29, 0.717) is 25.0 Å². The summed E-state index contributed by atoms with van der Waals surface area (Å²) in [4.78, 5) is 28.3. The standard InChI is InChI=1S/C54H66O4/c1-35(2)41-29-39-21-23-47-51(5,25-15-27-53(47,7)49(55)57-33-37-17-11-9-12-18-37)45(39)31-43(41)44-32-46-40(30-42(44)36(3)4)22-24-48-52(46,6)26-16-28-54(48,8)50(56)58-34-38-19-13-10-14-20-38/h9-14,17-20,29-32,35-36,47-48H,15-16,21-28,33-34H2,1-8H3. The molecule has 8 rings (SSSR count). The second kappa shape index (κ2) is 15.4. The molecule has 0 heterocycles. The lowest BCUT2D eigenvalue weighted by molar-refractivity contribution is -0.166. The maximum absolute atomic E-state index is 14.2. The van der Waals surface area contributed by atoms with Crippen molar-refractivity contribution in [1.82, 2.24) is 0 Å². The Bertz CT molecular complexity index is 2010. The van der Waals surface area contributed by atoms with E-state index in [0.717, 1.165) is 75.3 Å². The number of rotatable bonds is 9. The average molecular weight is 779 g/mol. The molecule has 0 N–H and O–H groups in total. The van der Waals surface area contributed by atoms with E-state index in [4.69, 9.17) is 9.47 Å². The van der Waals surface area contributed by atoms with Crippen molar-refractivity contribution in [3.63, 3.8) is 0 Å². The summed E-state index contributed by atoms with van der Waals surface area (Å²) < 4.78 is 12.3. The van der Waals surface area contributed by atoms with Crippen LogP contribution in [0.15, 0.2) is 84.9 Å². The van der Waals surface area contributed by atoms with Crippen LogP contribution in [0, 0.1) is 22.7 Å². The molecule has 6 unspecified atom stereocenters. The fourth-order valence-corrected chi connectivity index (χ4v) is 12.8. The second-order valence-corrected chi connectivity index (χ2v) is 20.2. The number of ether oxygens (including phenoxy) is 2. The zero-order valence-corrected chi connectivity index (χ0v) is 36.5. The van der Waals surface area contributed by atoms with Gasteiger partial charge in [0.1, 0.15) is 13.2 Å². The number of hydrogen-bond donors (Lipinski definition) is 0. The minimum atomic E-state index is -0.537. The van der Waals surface area contributed by atoms with Crippen molar-refractivity contribution < 1.29 is 19.1 Å². The summed E-state index contributed by atoms with van der Waals surface area (Å²) in [5, 5.41) is 0. The molecule has 2 saturated carbocycles. The Kier molecular flexibility index (Phi) is 10.8. The van der Waals surface area contributed by atoms with Gasteiger partial charge in [-0.15, -0.1) is 0 Å². The summed E-state index contributed by atoms with van der Waals surface area (Å²) in [7, 11) is 0. The van der Waals surface area contributed by atoms with Crippen LogP contribution in [-0.4, -0.2) is 11.9 Å². The third-order valence-corrected chi connectivity index (χ3v) is 15.9. The van der Waals surface area contributed by atoms with Gasteiger partial charge in [-0.3, -0.25) is 9.59 Å². The molecule has 306 valence electrons. The Labute approximate surface area is 348 Å². The Balaban J connectivity index is 1.18. The van der Waals surface area contributed by atoms with Crippen molar-refractivity contribution in [2.75, 3.05) is 0 Å². The molecular weight excluding hydrogens is 713 g/mol. The first-order chi connectivity index (χ1) is 27.7. The van der Waals surface area contributed by atoms with Crippen molar-refractivity contribution in [2.45, 2.75) is 155 Å². The zero-order valence-electron chi connectivity index (χ0n) is 36.5. The maximum atomic E-state index is 14.2. The van der Waals surface area contributed by atoms with Crippen molar-refractivity contribution in [2.24, 2.45) is 22.7 Å². The maximum Gasteiger partial charge on any atom is 0.312 e. The van der Waals surface area contributed by atoms with Gasteiger partial charge in [-0.05, 0) is 155 Å².